The number of ketones is 1. The summed E-state index contributed by atoms with van der Waals surface area (Å²) in [7, 11) is 0. The summed E-state index contributed by atoms with van der Waals surface area (Å²) in [6.45, 7) is 2.03. The standard InChI is InChI=1S/C23H21N3O/c1-2-5-22(27)17-7-3-6-16(10-17)11-20-15-26-23-21(20)12-19(14-25-23)18-8-4-9-24-13-18/h3-4,6-10,12-15H,2,5,11H2,1H3,(H,25,26). The molecule has 0 bridgehead atoms. The Morgan fingerprint density at radius 3 is 2.81 bits per heavy atom. The SMILES string of the molecule is CCCC(=O)c1cccc(Cc2c[nH]c3ncc(-c4cccnc4)cc23)c1. The highest BCUT2D eigenvalue weighted by Crippen LogP contribution is 2.26. The Balaban J connectivity index is 1.66. The summed E-state index contributed by atoms with van der Waals surface area (Å²) in [5.74, 6) is 0.207. The third kappa shape index (κ3) is 3.65. The first-order valence-corrected chi connectivity index (χ1v) is 9.23. The topological polar surface area (TPSA) is 58.6 Å². The number of aromatic amines is 1. The minimum Gasteiger partial charge on any atom is -0.346 e. The Morgan fingerprint density at radius 1 is 1.07 bits per heavy atom. The summed E-state index contributed by atoms with van der Waals surface area (Å²) >= 11 is 0. The van der Waals surface area contributed by atoms with E-state index in [2.05, 4.69) is 27.1 Å². The van der Waals surface area contributed by atoms with Crippen LogP contribution in [0.5, 0.6) is 0 Å². The summed E-state index contributed by atoms with van der Waals surface area (Å²) in [6, 6.07) is 14.1. The fourth-order valence-electron chi connectivity index (χ4n) is 3.34. The summed E-state index contributed by atoms with van der Waals surface area (Å²) in [4.78, 5) is 24.2. The van der Waals surface area contributed by atoms with Crippen molar-refractivity contribution in [2.45, 2.75) is 26.2 Å². The van der Waals surface area contributed by atoms with E-state index < -0.39 is 0 Å². The van der Waals surface area contributed by atoms with E-state index in [4.69, 9.17) is 0 Å². The number of pyridine rings is 2. The van der Waals surface area contributed by atoms with Gasteiger partial charge in [0.05, 0.1) is 0 Å². The smallest absolute Gasteiger partial charge is 0.162 e. The van der Waals surface area contributed by atoms with Crippen molar-refractivity contribution in [3.05, 3.63) is 83.9 Å². The number of aromatic nitrogens is 3. The molecule has 4 aromatic rings. The number of carbonyl (C=O) groups is 1. The third-order valence-corrected chi connectivity index (χ3v) is 4.73. The average molecular weight is 355 g/mol. The van der Waals surface area contributed by atoms with Crippen LogP contribution in [0.1, 0.15) is 41.3 Å². The quantitative estimate of drug-likeness (QED) is 0.484. The molecule has 0 spiro atoms. The maximum absolute atomic E-state index is 12.2. The van der Waals surface area contributed by atoms with Gasteiger partial charge in [0.25, 0.3) is 0 Å². The van der Waals surface area contributed by atoms with Crippen molar-refractivity contribution in [3.8, 4) is 11.1 Å². The molecule has 3 aromatic heterocycles. The second-order valence-corrected chi connectivity index (χ2v) is 6.73. The van der Waals surface area contributed by atoms with Crippen LogP contribution >= 0.6 is 0 Å². The van der Waals surface area contributed by atoms with Crippen LogP contribution in [0.25, 0.3) is 22.2 Å². The Kier molecular flexibility index (Phi) is 4.79. The third-order valence-electron chi connectivity index (χ3n) is 4.73. The largest absolute Gasteiger partial charge is 0.346 e. The highest BCUT2D eigenvalue weighted by molar-refractivity contribution is 5.96. The van der Waals surface area contributed by atoms with Crippen molar-refractivity contribution < 1.29 is 4.79 Å². The van der Waals surface area contributed by atoms with Crippen LogP contribution < -0.4 is 0 Å². The number of benzene rings is 1. The lowest BCUT2D eigenvalue weighted by atomic mass is 9.99. The molecule has 1 N–H and O–H groups in total. The number of rotatable bonds is 6. The zero-order valence-corrected chi connectivity index (χ0v) is 15.3. The molecule has 4 rings (SSSR count). The van der Waals surface area contributed by atoms with E-state index in [9.17, 15) is 4.79 Å². The van der Waals surface area contributed by atoms with Crippen molar-refractivity contribution in [1.82, 2.24) is 15.0 Å². The van der Waals surface area contributed by atoms with Crippen LogP contribution in [0, 0.1) is 0 Å². The number of hydrogen-bond donors (Lipinski definition) is 1. The number of nitrogens with zero attached hydrogens (tertiary/aromatic N) is 2. The van der Waals surface area contributed by atoms with Gasteiger partial charge >= 0.3 is 0 Å². The number of hydrogen-bond acceptors (Lipinski definition) is 3. The number of Topliss-reactive ketones (excluding diaryl/α,β-unsaturated/α-hetero) is 1. The van der Waals surface area contributed by atoms with Crippen LogP contribution in [0.15, 0.2) is 67.3 Å². The fourth-order valence-corrected chi connectivity index (χ4v) is 3.34. The van der Waals surface area contributed by atoms with Crippen LogP contribution in [0.4, 0.5) is 0 Å². The minimum absolute atomic E-state index is 0.207. The molecule has 1 aromatic carbocycles. The molecule has 0 aliphatic heterocycles. The summed E-state index contributed by atoms with van der Waals surface area (Å²) in [5.41, 5.74) is 6.06. The van der Waals surface area contributed by atoms with E-state index in [1.807, 2.05) is 55.8 Å². The van der Waals surface area contributed by atoms with Gasteiger partial charge in [-0.3, -0.25) is 9.78 Å². The van der Waals surface area contributed by atoms with Gasteiger partial charge < -0.3 is 4.98 Å². The van der Waals surface area contributed by atoms with Gasteiger partial charge in [0.1, 0.15) is 5.65 Å². The van der Waals surface area contributed by atoms with Crippen LogP contribution in [0.2, 0.25) is 0 Å². The first-order valence-electron chi connectivity index (χ1n) is 9.23. The molecule has 4 nitrogen and oxygen atoms in total. The van der Waals surface area contributed by atoms with Crippen molar-refractivity contribution >= 4 is 16.8 Å². The summed E-state index contributed by atoms with van der Waals surface area (Å²) in [5, 5.41) is 1.10. The van der Waals surface area contributed by atoms with E-state index in [1.165, 1.54) is 5.56 Å². The lowest BCUT2D eigenvalue weighted by Gasteiger charge is -2.05. The van der Waals surface area contributed by atoms with E-state index in [-0.39, 0.29) is 5.78 Å². The van der Waals surface area contributed by atoms with E-state index in [1.54, 1.807) is 6.20 Å². The zero-order chi connectivity index (χ0) is 18.6. The highest BCUT2D eigenvalue weighted by atomic mass is 16.1. The van der Waals surface area contributed by atoms with Gasteiger partial charge in [-0.15, -0.1) is 0 Å². The number of carbonyl (C=O) groups excluding carboxylic acids is 1. The lowest BCUT2D eigenvalue weighted by molar-refractivity contribution is 0.0981. The van der Waals surface area contributed by atoms with Crippen molar-refractivity contribution in [2.24, 2.45) is 0 Å². The first-order chi connectivity index (χ1) is 13.2. The van der Waals surface area contributed by atoms with Crippen molar-refractivity contribution in [1.29, 1.82) is 0 Å². The predicted octanol–water partition coefficient (Wildman–Crippen LogP) is 5.20. The van der Waals surface area contributed by atoms with Gasteiger partial charge in [-0.25, -0.2) is 4.98 Å². The molecular weight excluding hydrogens is 334 g/mol. The molecule has 0 amide bonds. The Bertz CT molecular complexity index is 1080. The molecular formula is C23H21N3O. The van der Waals surface area contributed by atoms with Gasteiger partial charge in [-0.2, -0.15) is 0 Å². The minimum atomic E-state index is 0.207. The number of nitrogens with one attached hydrogen (secondary N) is 1. The Labute approximate surface area is 158 Å². The zero-order valence-electron chi connectivity index (χ0n) is 15.3. The first kappa shape index (κ1) is 17.2. The van der Waals surface area contributed by atoms with E-state index >= 15 is 0 Å². The van der Waals surface area contributed by atoms with Crippen LogP contribution in [0.3, 0.4) is 0 Å². The van der Waals surface area contributed by atoms with Crippen LogP contribution in [-0.2, 0) is 6.42 Å². The molecule has 0 aliphatic carbocycles. The molecule has 0 unspecified atom stereocenters. The predicted molar refractivity (Wildman–Crippen MR) is 108 cm³/mol. The van der Waals surface area contributed by atoms with Crippen LogP contribution in [-0.4, -0.2) is 20.7 Å². The maximum Gasteiger partial charge on any atom is 0.162 e. The normalized spacial score (nSPS) is 11.0. The average Bonchev–Trinajstić information content (AvgIpc) is 3.11. The summed E-state index contributed by atoms with van der Waals surface area (Å²) in [6.07, 6.45) is 9.70. The molecule has 0 atom stereocenters. The molecule has 0 radical (unpaired) electrons. The molecule has 4 heteroatoms. The molecule has 0 aliphatic rings. The monoisotopic (exact) mass is 355 g/mol. The van der Waals surface area contributed by atoms with Gasteiger partial charge in [0.2, 0.25) is 0 Å². The second kappa shape index (κ2) is 7.54. The lowest BCUT2D eigenvalue weighted by Crippen LogP contribution is -1.99. The molecule has 0 fully saturated rings. The number of fused-ring (bicyclic) bond motifs is 1. The summed E-state index contributed by atoms with van der Waals surface area (Å²) < 4.78 is 0. The molecule has 134 valence electrons. The fraction of sp³-hybridized carbons (Fsp3) is 0.174. The molecule has 3 heterocycles. The van der Waals surface area contributed by atoms with Gasteiger partial charge in [-0.05, 0) is 42.2 Å². The Hall–Kier alpha value is -3.27. The van der Waals surface area contributed by atoms with Gasteiger partial charge in [-0.1, -0.05) is 31.2 Å². The van der Waals surface area contributed by atoms with E-state index in [0.717, 1.165) is 46.1 Å². The van der Waals surface area contributed by atoms with Gasteiger partial charge in [0.15, 0.2) is 5.78 Å². The molecule has 0 saturated heterocycles. The van der Waals surface area contributed by atoms with Gasteiger partial charge in [0, 0.05) is 53.3 Å². The highest BCUT2D eigenvalue weighted by Gasteiger charge is 2.10. The number of H-pyrrole nitrogens is 1. The van der Waals surface area contributed by atoms with E-state index in [0.29, 0.717) is 6.42 Å². The van der Waals surface area contributed by atoms with Crippen molar-refractivity contribution in [3.63, 3.8) is 0 Å². The van der Waals surface area contributed by atoms with Crippen molar-refractivity contribution in [2.75, 3.05) is 0 Å². The maximum atomic E-state index is 12.2. The molecule has 27 heavy (non-hydrogen) atoms. The molecule has 0 saturated carbocycles. The Morgan fingerprint density at radius 2 is 2.00 bits per heavy atom. The second-order valence-electron chi connectivity index (χ2n) is 6.73.